The molecule has 0 atom stereocenters. The van der Waals surface area contributed by atoms with E-state index < -0.39 is 0 Å². The second-order valence-corrected chi connectivity index (χ2v) is 10.8. The number of benzene rings is 1. The summed E-state index contributed by atoms with van der Waals surface area (Å²) in [6, 6.07) is 10.6. The van der Waals surface area contributed by atoms with Gasteiger partial charge in [0.25, 0.3) is 5.91 Å². The van der Waals surface area contributed by atoms with E-state index in [9.17, 15) is 4.79 Å². The summed E-state index contributed by atoms with van der Waals surface area (Å²) in [4.78, 5) is 19.9. The number of hydrogen-bond acceptors (Lipinski definition) is 4. The molecule has 2 aromatic heterocycles. The summed E-state index contributed by atoms with van der Waals surface area (Å²) in [7, 11) is 0. The zero-order valence-corrected chi connectivity index (χ0v) is 20.4. The van der Waals surface area contributed by atoms with Crippen molar-refractivity contribution in [1.29, 1.82) is 5.26 Å². The lowest BCUT2D eigenvalue weighted by Gasteiger charge is -2.23. The monoisotopic (exact) mass is 465 g/mol. The van der Waals surface area contributed by atoms with Crippen molar-refractivity contribution >= 4 is 5.91 Å². The third-order valence-electron chi connectivity index (χ3n) is 8.11. The maximum atomic E-state index is 13.0. The number of aryl methyl sites for hydroxylation is 2. The molecular formula is C29H31N5O. The molecule has 3 heterocycles. The molecule has 0 saturated heterocycles. The van der Waals surface area contributed by atoms with Crippen molar-refractivity contribution in [2.75, 3.05) is 6.54 Å². The molecule has 2 aliphatic carbocycles. The van der Waals surface area contributed by atoms with Gasteiger partial charge in [0.2, 0.25) is 0 Å². The topological polar surface area (TPSA) is 74.8 Å². The van der Waals surface area contributed by atoms with Crippen LogP contribution in [0.4, 0.5) is 0 Å². The highest BCUT2D eigenvalue weighted by molar-refractivity contribution is 6.00. The minimum absolute atomic E-state index is 0.0115. The van der Waals surface area contributed by atoms with Crippen molar-refractivity contribution in [1.82, 2.24) is 19.7 Å². The van der Waals surface area contributed by atoms with Crippen LogP contribution in [0.3, 0.4) is 0 Å². The summed E-state index contributed by atoms with van der Waals surface area (Å²) in [5.41, 5.74) is 8.70. The van der Waals surface area contributed by atoms with Gasteiger partial charge >= 0.3 is 0 Å². The first kappa shape index (κ1) is 22.0. The molecular weight excluding hydrogens is 434 g/mol. The molecule has 1 amide bonds. The number of pyridine rings is 1. The minimum atomic E-state index is 0.0115. The second kappa shape index (κ2) is 8.64. The Balaban J connectivity index is 1.37. The first-order valence-electron chi connectivity index (χ1n) is 12.9. The molecule has 6 rings (SSSR count). The molecule has 0 unspecified atom stereocenters. The van der Waals surface area contributed by atoms with Gasteiger partial charge in [-0.2, -0.15) is 10.4 Å². The molecule has 1 fully saturated rings. The van der Waals surface area contributed by atoms with E-state index in [4.69, 9.17) is 15.3 Å². The summed E-state index contributed by atoms with van der Waals surface area (Å²) in [6.07, 6.45) is 12.9. The number of carbonyl (C=O) groups excluding carboxylic acids is 1. The molecule has 1 aromatic carbocycles. The van der Waals surface area contributed by atoms with Crippen molar-refractivity contribution in [3.05, 3.63) is 59.0 Å². The van der Waals surface area contributed by atoms with E-state index in [-0.39, 0.29) is 5.91 Å². The molecule has 3 aromatic rings. The van der Waals surface area contributed by atoms with Crippen molar-refractivity contribution in [3.8, 4) is 28.5 Å². The SMILES string of the molecule is CC1(Cn2cc(-c3cc4c(nc3-c3ccc5c(c3)C(=O)N(CCC#N)C5)CCC4)cn2)CCCC1. The number of rotatable bonds is 6. The van der Waals surface area contributed by atoms with Crippen LogP contribution in [0.25, 0.3) is 22.4 Å². The standard InChI is InChI=1S/C29H31N5O/c1-29(10-2-3-11-29)19-34-18-23(16-31-34)24-14-20-6-4-7-26(20)32-27(24)21-8-9-22-17-33(13-5-12-30)28(35)25(22)15-21/h8-9,14-16,18H,2-7,10-11,13,17,19H2,1H3. The lowest BCUT2D eigenvalue weighted by Crippen LogP contribution is -2.24. The van der Waals surface area contributed by atoms with Gasteiger partial charge in [0.15, 0.2) is 0 Å². The summed E-state index contributed by atoms with van der Waals surface area (Å²) >= 11 is 0. The molecule has 3 aliphatic rings. The van der Waals surface area contributed by atoms with E-state index >= 15 is 0 Å². The average Bonchev–Trinajstić information content (AvgIpc) is 3.65. The van der Waals surface area contributed by atoms with E-state index in [1.54, 1.807) is 4.90 Å². The Bertz CT molecular complexity index is 1340. The fourth-order valence-corrected chi connectivity index (χ4v) is 6.15. The quantitative estimate of drug-likeness (QED) is 0.478. The Morgan fingerprint density at radius 3 is 2.74 bits per heavy atom. The molecule has 6 heteroatoms. The van der Waals surface area contributed by atoms with Gasteiger partial charge in [-0.25, -0.2) is 0 Å². The molecule has 0 spiro atoms. The summed E-state index contributed by atoms with van der Waals surface area (Å²) < 4.78 is 2.11. The van der Waals surface area contributed by atoms with Gasteiger partial charge in [0, 0.05) is 53.8 Å². The number of nitriles is 1. The fourth-order valence-electron chi connectivity index (χ4n) is 6.15. The zero-order valence-electron chi connectivity index (χ0n) is 20.4. The van der Waals surface area contributed by atoms with Gasteiger partial charge < -0.3 is 4.90 Å². The second-order valence-electron chi connectivity index (χ2n) is 10.8. The molecule has 1 aliphatic heterocycles. The molecule has 6 nitrogen and oxygen atoms in total. The first-order chi connectivity index (χ1) is 17.0. The summed E-state index contributed by atoms with van der Waals surface area (Å²) in [5, 5.41) is 13.7. The maximum absolute atomic E-state index is 13.0. The van der Waals surface area contributed by atoms with E-state index in [1.807, 2.05) is 12.3 Å². The lowest BCUT2D eigenvalue weighted by atomic mass is 9.89. The van der Waals surface area contributed by atoms with Gasteiger partial charge in [-0.3, -0.25) is 14.5 Å². The van der Waals surface area contributed by atoms with Crippen molar-refractivity contribution in [3.63, 3.8) is 0 Å². The van der Waals surface area contributed by atoms with Crippen LogP contribution >= 0.6 is 0 Å². The number of amides is 1. The van der Waals surface area contributed by atoms with Gasteiger partial charge in [0.05, 0.1) is 24.4 Å². The van der Waals surface area contributed by atoms with Crippen LogP contribution in [-0.2, 0) is 25.9 Å². The van der Waals surface area contributed by atoms with Crippen molar-refractivity contribution in [2.45, 2.75) is 71.4 Å². The van der Waals surface area contributed by atoms with Crippen LogP contribution in [0.1, 0.15) is 72.6 Å². The smallest absolute Gasteiger partial charge is 0.254 e. The van der Waals surface area contributed by atoms with Crippen molar-refractivity contribution < 1.29 is 4.79 Å². The number of aromatic nitrogens is 3. The van der Waals surface area contributed by atoms with E-state index in [1.165, 1.54) is 36.9 Å². The highest BCUT2D eigenvalue weighted by Crippen LogP contribution is 2.40. The summed E-state index contributed by atoms with van der Waals surface area (Å²) in [5.74, 6) is 0.0115. The van der Waals surface area contributed by atoms with E-state index in [2.05, 4.69) is 42.1 Å². The first-order valence-corrected chi connectivity index (χ1v) is 12.9. The van der Waals surface area contributed by atoms with Crippen LogP contribution in [0, 0.1) is 16.7 Å². The third kappa shape index (κ3) is 4.03. The van der Waals surface area contributed by atoms with Gasteiger partial charge in [-0.15, -0.1) is 0 Å². The van der Waals surface area contributed by atoms with Crippen LogP contribution in [0.15, 0.2) is 36.7 Å². The largest absolute Gasteiger partial charge is 0.333 e. The van der Waals surface area contributed by atoms with Crippen LogP contribution in [-0.4, -0.2) is 32.1 Å². The maximum Gasteiger partial charge on any atom is 0.254 e. The highest BCUT2D eigenvalue weighted by atomic mass is 16.2. The molecule has 1 saturated carbocycles. The molecule has 0 bridgehead atoms. The predicted octanol–water partition coefficient (Wildman–Crippen LogP) is 5.55. The van der Waals surface area contributed by atoms with Gasteiger partial charge in [-0.1, -0.05) is 31.9 Å². The minimum Gasteiger partial charge on any atom is -0.333 e. The Labute approximate surface area is 206 Å². The number of hydrogen-bond donors (Lipinski definition) is 0. The average molecular weight is 466 g/mol. The fraction of sp³-hybridized carbons (Fsp3) is 0.448. The van der Waals surface area contributed by atoms with Crippen LogP contribution in [0.2, 0.25) is 0 Å². The van der Waals surface area contributed by atoms with E-state index in [0.717, 1.165) is 59.3 Å². The van der Waals surface area contributed by atoms with Crippen LogP contribution < -0.4 is 0 Å². The Morgan fingerprint density at radius 1 is 1.06 bits per heavy atom. The Morgan fingerprint density at radius 2 is 1.91 bits per heavy atom. The zero-order chi connectivity index (χ0) is 24.0. The molecule has 0 radical (unpaired) electrons. The van der Waals surface area contributed by atoms with Gasteiger partial charge in [0.1, 0.15) is 0 Å². The normalized spacial score (nSPS) is 18.1. The lowest BCUT2D eigenvalue weighted by molar-refractivity contribution is 0.0782. The molecule has 178 valence electrons. The molecule has 35 heavy (non-hydrogen) atoms. The van der Waals surface area contributed by atoms with Crippen molar-refractivity contribution in [2.24, 2.45) is 5.41 Å². The number of fused-ring (bicyclic) bond motifs is 2. The van der Waals surface area contributed by atoms with Gasteiger partial charge in [-0.05, 0) is 60.8 Å². The number of nitrogens with zero attached hydrogens (tertiary/aromatic N) is 5. The molecule has 0 N–H and O–H groups in total. The number of carbonyl (C=O) groups is 1. The Kier molecular flexibility index (Phi) is 5.44. The van der Waals surface area contributed by atoms with E-state index in [0.29, 0.717) is 24.9 Å². The highest BCUT2D eigenvalue weighted by Gasteiger charge is 2.30. The van der Waals surface area contributed by atoms with Crippen LogP contribution in [0.5, 0.6) is 0 Å². The predicted molar refractivity (Wildman–Crippen MR) is 134 cm³/mol. The summed E-state index contributed by atoms with van der Waals surface area (Å²) in [6.45, 7) is 4.38. The third-order valence-corrected chi connectivity index (χ3v) is 8.11. The Hall–Kier alpha value is -3.46.